The summed E-state index contributed by atoms with van der Waals surface area (Å²) in [6, 6.07) is 17.1. The van der Waals surface area contributed by atoms with Crippen LogP contribution in [0.5, 0.6) is 5.75 Å². The Morgan fingerprint density at radius 3 is 2.53 bits per heavy atom. The van der Waals surface area contributed by atoms with Crippen molar-refractivity contribution in [3.63, 3.8) is 0 Å². The zero-order chi connectivity index (χ0) is 21.5. The molecule has 0 amide bonds. The van der Waals surface area contributed by atoms with E-state index in [-0.39, 0.29) is 11.8 Å². The van der Waals surface area contributed by atoms with Crippen LogP contribution in [-0.4, -0.2) is 22.7 Å². The maximum Gasteiger partial charge on any atom is 0.251 e. The molecule has 0 N–H and O–H groups in total. The van der Waals surface area contributed by atoms with Gasteiger partial charge in [-0.2, -0.15) is 5.10 Å². The molecular formula is C26H28N2O2. The van der Waals surface area contributed by atoms with Gasteiger partial charge in [-0.1, -0.05) is 93.3 Å². The summed E-state index contributed by atoms with van der Waals surface area (Å²) in [6.07, 6.45) is 7.62. The molecular weight excluding hydrogens is 372 g/mol. The average molecular weight is 401 g/mol. The predicted molar refractivity (Wildman–Crippen MR) is 123 cm³/mol. The number of hydrogen-bond donors (Lipinski definition) is 0. The summed E-state index contributed by atoms with van der Waals surface area (Å²) >= 11 is 0. The molecule has 2 heterocycles. The van der Waals surface area contributed by atoms with Gasteiger partial charge in [-0.25, -0.2) is 5.01 Å². The van der Waals surface area contributed by atoms with Crippen LogP contribution in [0, 0.1) is 0 Å². The SMILES string of the molecule is C=C/C=C(\C=C/C)C1=NN2C(C(=O)c3ccccc3)Oc3ccccc3C2C1.CC. The molecule has 0 aliphatic carbocycles. The van der Waals surface area contributed by atoms with Crippen LogP contribution in [0.1, 0.15) is 49.2 Å². The van der Waals surface area contributed by atoms with E-state index in [4.69, 9.17) is 9.84 Å². The van der Waals surface area contributed by atoms with Gasteiger partial charge in [-0.3, -0.25) is 4.79 Å². The number of Topliss-reactive ketones (excluding diaryl/α,β-unsaturated/α-hetero) is 1. The molecule has 0 spiro atoms. The quantitative estimate of drug-likeness (QED) is 0.449. The molecule has 30 heavy (non-hydrogen) atoms. The lowest BCUT2D eigenvalue weighted by Crippen LogP contribution is -2.45. The van der Waals surface area contributed by atoms with Crippen LogP contribution in [0.4, 0.5) is 0 Å². The van der Waals surface area contributed by atoms with E-state index in [2.05, 4.69) is 6.58 Å². The van der Waals surface area contributed by atoms with Crippen molar-refractivity contribution in [2.45, 2.75) is 39.5 Å². The van der Waals surface area contributed by atoms with Crippen molar-refractivity contribution in [2.75, 3.05) is 0 Å². The van der Waals surface area contributed by atoms with Crippen LogP contribution in [-0.2, 0) is 0 Å². The van der Waals surface area contributed by atoms with Crippen molar-refractivity contribution in [1.82, 2.24) is 5.01 Å². The Bertz CT molecular complexity index is 989. The molecule has 0 aromatic heterocycles. The van der Waals surface area contributed by atoms with Crippen LogP contribution >= 0.6 is 0 Å². The number of carbonyl (C=O) groups is 1. The lowest BCUT2D eigenvalue weighted by molar-refractivity contribution is -0.00455. The molecule has 0 fully saturated rings. The molecule has 4 rings (SSSR count). The molecule has 0 bridgehead atoms. The summed E-state index contributed by atoms with van der Waals surface area (Å²) in [5, 5.41) is 6.62. The van der Waals surface area contributed by atoms with Crippen LogP contribution in [0.25, 0.3) is 0 Å². The van der Waals surface area contributed by atoms with E-state index in [0.717, 1.165) is 22.6 Å². The van der Waals surface area contributed by atoms with Gasteiger partial charge in [0.2, 0.25) is 5.78 Å². The van der Waals surface area contributed by atoms with E-state index >= 15 is 0 Å². The van der Waals surface area contributed by atoms with E-state index in [1.807, 2.05) is 98.6 Å². The van der Waals surface area contributed by atoms with E-state index < -0.39 is 6.23 Å². The van der Waals surface area contributed by atoms with Crippen molar-refractivity contribution < 1.29 is 9.53 Å². The first-order valence-corrected chi connectivity index (χ1v) is 10.4. The van der Waals surface area contributed by atoms with Gasteiger partial charge in [-0.15, -0.1) is 0 Å². The molecule has 2 aliphatic rings. The molecule has 2 aromatic carbocycles. The first-order chi connectivity index (χ1) is 14.7. The van der Waals surface area contributed by atoms with Gasteiger partial charge in [0.15, 0.2) is 0 Å². The predicted octanol–water partition coefficient (Wildman–Crippen LogP) is 6.11. The number of carbonyl (C=O) groups excluding carboxylic acids is 1. The largest absolute Gasteiger partial charge is 0.461 e. The van der Waals surface area contributed by atoms with E-state index in [1.54, 1.807) is 6.08 Å². The number of hydrogen-bond acceptors (Lipinski definition) is 4. The third-order valence-electron chi connectivity index (χ3n) is 4.96. The van der Waals surface area contributed by atoms with Crippen LogP contribution in [0.2, 0.25) is 0 Å². The molecule has 4 nitrogen and oxygen atoms in total. The Morgan fingerprint density at radius 1 is 1.13 bits per heavy atom. The summed E-state index contributed by atoms with van der Waals surface area (Å²) < 4.78 is 6.12. The van der Waals surface area contributed by atoms with Crippen molar-refractivity contribution in [3.05, 3.63) is 102 Å². The van der Waals surface area contributed by atoms with Gasteiger partial charge in [0, 0.05) is 17.5 Å². The number of allylic oxidation sites excluding steroid dienone is 5. The fraction of sp³-hybridized carbons (Fsp3) is 0.231. The highest BCUT2D eigenvalue weighted by molar-refractivity contribution is 6.05. The van der Waals surface area contributed by atoms with Gasteiger partial charge < -0.3 is 4.74 Å². The highest BCUT2D eigenvalue weighted by atomic mass is 16.5. The fourth-order valence-corrected chi connectivity index (χ4v) is 3.68. The molecule has 2 unspecified atom stereocenters. The van der Waals surface area contributed by atoms with Crippen molar-refractivity contribution >= 4 is 11.5 Å². The first-order valence-electron chi connectivity index (χ1n) is 10.4. The summed E-state index contributed by atoms with van der Waals surface area (Å²) in [4.78, 5) is 13.2. The van der Waals surface area contributed by atoms with E-state index in [0.29, 0.717) is 12.0 Å². The third kappa shape index (κ3) is 4.13. The summed E-state index contributed by atoms with van der Waals surface area (Å²) in [6.45, 7) is 9.78. The maximum atomic E-state index is 13.2. The van der Waals surface area contributed by atoms with Gasteiger partial charge >= 0.3 is 0 Å². The minimum Gasteiger partial charge on any atom is -0.461 e. The van der Waals surface area contributed by atoms with Gasteiger partial charge in [0.25, 0.3) is 6.23 Å². The van der Waals surface area contributed by atoms with Crippen molar-refractivity contribution in [2.24, 2.45) is 5.10 Å². The monoisotopic (exact) mass is 400 g/mol. The molecule has 2 aromatic rings. The average Bonchev–Trinajstić information content (AvgIpc) is 3.25. The van der Waals surface area contributed by atoms with Gasteiger partial charge in [0.1, 0.15) is 5.75 Å². The second-order valence-corrected chi connectivity index (χ2v) is 6.74. The minimum absolute atomic E-state index is 0.0314. The normalized spacial score (nSPS) is 19.8. The summed E-state index contributed by atoms with van der Waals surface area (Å²) in [5.41, 5.74) is 3.59. The molecule has 0 saturated carbocycles. The Kier molecular flexibility index (Phi) is 7.02. The molecule has 2 atom stereocenters. The Morgan fingerprint density at radius 2 is 1.83 bits per heavy atom. The second kappa shape index (κ2) is 9.88. The summed E-state index contributed by atoms with van der Waals surface area (Å²) in [5.74, 6) is 0.653. The molecule has 154 valence electrons. The second-order valence-electron chi connectivity index (χ2n) is 6.74. The number of para-hydroxylation sites is 1. The third-order valence-corrected chi connectivity index (χ3v) is 4.96. The smallest absolute Gasteiger partial charge is 0.251 e. The van der Waals surface area contributed by atoms with Crippen LogP contribution in [0.3, 0.4) is 0 Å². The molecule has 2 aliphatic heterocycles. The number of hydrazone groups is 1. The maximum absolute atomic E-state index is 13.2. The lowest BCUT2D eigenvalue weighted by Gasteiger charge is -2.37. The lowest BCUT2D eigenvalue weighted by atomic mass is 9.95. The minimum atomic E-state index is -0.782. The number of benzene rings is 2. The highest BCUT2D eigenvalue weighted by Gasteiger charge is 2.43. The first kappa shape index (κ1) is 21.3. The molecule has 4 heteroatoms. The van der Waals surface area contributed by atoms with Crippen molar-refractivity contribution in [1.29, 1.82) is 0 Å². The van der Waals surface area contributed by atoms with E-state index in [1.165, 1.54) is 0 Å². The van der Waals surface area contributed by atoms with Crippen LogP contribution < -0.4 is 4.74 Å². The Balaban J connectivity index is 0.00000124. The van der Waals surface area contributed by atoms with E-state index in [9.17, 15) is 4.79 Å². The zero-order valence-corrected chi connectivity index (χ0v) is 17.8. The fourth-order valence-electron chi connectivity index (χ4n) is 3.68. The Hall–Kier alpha value is -3.40. The molecule has 0 saturated heterocycles. The van der Waals surface area contributed by atoms with Gasteiger partial charge in [0.05, 0.1) is 11.8 Å². The number of rotatable bonds is 5. The highest BCUT2D eigenvalue weighted by Crippen LogP contribution is 2.43. The summed E-state index contributed by atoms with van der Waals surface area (Å²) in [7, 11) is 0. The number of ketones is 1. The number of ether oxygens (including phenoxy) is 1. The Labute approximate surface area is 178 Å². The zero-order valence-electron chi connectivity index (χ0n) is 17.8. The van der Waals surface area contributed by atoms with Crippen molar-refractivity contribution in [3.8, 4) is 5.75 Å². The van der Waals surface area contributed by atoms with Crippen LogP contribution in [0.15, 0.2) is 96.2 Å². The standard InChI is InChI=1S/C24H22N2O2.C2H6/c1-3-10-17(11-4-2)20-16-21-19-14-8-9-15-22(19)28-24(26(21)25-20)23(27)18-12-6-5-7-13-18;1-2/h3-15,21,24H,1,16H2,2H3;1-2H3/b11-4-,17-10+;. The van der Waals surface area contributed by atoms with Gasteiger partial charge in [-0.05, 0) is 18.6 Å². The number of nitrogens with zero attached hydrogens (tertiary/aromatic N) is 2. The molecule has 0 radical (unpaired) electrons. The number of fused-ring (bicyclic) bond motifs is 3. The topological polar surface area (TPSA) is 41.9 Å².